The van der Waals surface area contributed by atoms with Crippen molar-refractivity contribution in [2.75, 3.05) is 0 Å². The Morgan fingerprint density at radius 2 is 1.72 bits per heavy atom. The number of carbonyl (C=O) groups is 1. The van der Waals surface area contributed by atoms with Gasteiger partial charge in [0.2, 0.25) is 6.10 Å². The van der Waals surface area contributed by atoms with Crippen molar-refractivity contribution in [1.82, 2.24) is 0 Å². The molecule has 0 aliphatic rings. The van der Waals surface area contributed by atoms with Crippen LogP contribution in [0.3, 0.4) is 0 Å². The van der Waals surface area contributed by atoms with Gasteiger partial charge in [-0.2, -0.15) is 13.2 Å². The number of benzene rings is 1. The summed E-state index contributed by atoms with van der Waals surface area (Å²) in [7, 11) is 0. The summed E-state index contributed by atoms with van der Waals surface area (Å²) in [6, 6.07) is 5.01. The molecule has 18 heavy (non-hydrogen) atoms. The predicted octanol–water partition coefficient (Wildman–Crippen LogP) is 4.14. The molecule has 0 amide bonds. The van der Waals surface area contributed by atoms with E-state index < -0.39 is 24.2 Å². The van der Waals surface area contributed by atoms with Crippen molar-refractivity contribution in [3.8, 4) is 0 Å². The molecule has 0 heterocycles. The average molecular weight is 281 g/mol. The third-order valence-corrected chi connectivity index (χ3v) is 2.43. The average Bonchev–Trinajstić information content (AvgIpc) is 2.25. The van der Waals surface area contributed by atoms with Gasteiger partial charge in [0.15, 0.2) is 0 Å². The summed E-state index contributed by atoms with van der Waals surface area (Å²) in [5.74, 6) is -1.52. The Balaban J connectivity index is 2.99. The molecular weight excluding hydrogens is 269 g/mol. The van der Waals surface area contributed by atoms with Crippen LogP contribution in [0, 0.1) is 5.92 Å². The third kappa shape index (κ3) is 3.91. The summed E-state index contributed by atoms with van der Waals surface area (Å²) in [5, 5.41) is 0.315. The standard InChI is InChI=1S/C12H12ClF3O2/c1-7(2)11(17)18-10(12(14,15)16)8-3-5-9(13)6-4-8/h3-7,10H,1-2H3. The molecule has 0 fully saturated rings. The quantitative estimate of drug-likeness (QED) is 0.778. The zero-order valence-electron chi connectivity index (χ0n) is 9.79. The highest BCUT2D eigenvalue weighted by Crippen LogP contribution is 2.36. The third-order valence-electron chi connectivity index (χ3n) is 2.18. The molecule has 0 aliphatic carbocycles. The summed E-state index contributed by atoms with van der Waals surface area (Å²) in [5.41, 5.74) is -0.152. The molecule has 2 nitrogen and oxygen atoms in total. The molecule has 1 atom stereocenters. The van der Waals surface area contributed by atoms with Gasteiger partial charge in [-0.25, -0.2) is 0 Å². The second kappa shape index (κ2) is 5.61. The van der Waals surface area contributed by atoms with Crippen molar-refractivity contribution in [2.24, 2.45) is 5.92 Å². The van der Waals surface area contributed by atoms with E-state index in [0.29, 0.717) is 5.02 Å². The van der Waals surface area contributed by atoms with Crippen molar-refractivity contribution in [3.63, 3.8) is 0 Å². The van der Waals surface area contributed by atoms with E-state index >= 15 is 0 Å². The van der Waals surface area contributed by atoms with E-state index in [2.05, 4.69) is 4.74 Å². The number of hydrogen-bond acceptors (Lipinski definition) is 2. The van der Waals surface area contributed by atoms with Crippen molar-refractivity contribution in [3.05, 3.63) is 34.9 Å². The lowest BCUT2D eigenvalue weighted by Crippen LogP contribution is -2.27. The van der Waals surface area contributed by atoms with Crippen LogP contribution in [0.5, 0.6) is 0 Å². The molecule has 0 aliphatic heterocycles. The first kappa shape index (κ1) is 14.8. The number of hydrogen-bond donors (Lipinski definition) is 0. The molecule has 0 saturated carbocycles. The highest BCUT2D eigenvalue weighted by Gasteiger charge is 2.44. The number of ether oxygens (including phenoxy) is 1. The normalized spacial score (nSPS) is 13.5. The molecular formula is C12H12ClF3O2. The molecule has 0 N–H and O–H groups in total. The first-order valence-electron chi connectivity index (χ1n) is 5.24. The fraction of sp³-hybridized carbons (Fsp3) is 0.417. The van der Waals surface area contributed by atoms with Crippen molar-refractivity contribution in [2.45, 2.75) is 26.1 Å². The number of carbonyl (C=O) groups excluding carboxylic acids is 1. The summed E-state index contributed by atoms with van der Waals surface area (Å²) in [4.78, 5) is 11.3. The number of halogens is 4. The van der Waals surface area contributed by atoms with E-state index in [1.807, 2.05) is 0 Å². The van der Waals surface area contributed by atoms with Crippen LogP contribution in [0.15, 0.2) is 24.3 Å². The number of esters is 1. The highest BCUT2D eigenvalue weighted by molar-refractivity contribution is 6.30. The van der Waals surface area contributed by atoms with Crippen LogP contribution in [-0.4, -0.2) is 12.1 Å². The summed E-state index contributed by atoms with van der Waals surface area (Å²) in [6.45, 7) is 2.94. The Kier molecular flexibility index (Phi) is 4.62. The smallest absolute Gasteiger partial charge is 0.429 e. The second-order valence-electron chi connectivity index (χ2n) is 4.06. The van der Waals surface area contributed by atoms with Crippen LogP contribution in [0.25, 0.3) is 0 Å². The number of alkyl halides is 3. The van der Waals surface area contributed by atoms with Gasteiger partial charge in [0.05, 0.1) is 5.92 Å². The van der Waals surface area contributed by atoms with Crippen LogP contribution < -0.4 is 0 Å². The zero-order chi connectivity index (χ0) is 13.9. The molecule has 1 rings (SSSR count). The van der Waals surface area contributed by atoms with E-state index in [4.69, 9.17) is 11.6 Å². The van der Waals surface area contributed by atoms with E-state index in [-0.39, 0.29) is 5.56 Å². The Bertz CT molecular complexity index is 412. The minimum Gasteiger partial charge on any atom is -0.448 e. The topological polar surface area (TPSA) is 26.3 Å². The fourth-order valence-electron chi connectivity index (χ4n) is 1.21. The van der Waals surface area contributed by atoms with Gasteiger partial charge in [0.25, 0.3) is 0 Å². The molecule has 0 bridgehead atoms. The van der Waals surface area contributed by atoms with Gasteiger partial charge in [0.1, 0.15) is 0 Å². The van der Waals surface area contributed by atoms with Crippen molar-refractivity contribution in [1.29, 1.82) is 0 Å². The van der Waals surface area contributed by atoms with Crippen LogP contribution in [-0.2, 0) is 9.53 Å². The zero-order valence-corrected chi connectivity index (χ0v) is 10.5. The molecule has 0 spiro atoms. The monoisotopic (exact) mass is 280 g/mol. The van der Waals surface area contributed by atoms with Crippen LogP contribution in [0.2, 0.25) is 5.02 Å². The highest BCUT2D eigenvalue weighted by atomic mass is 35.5. The Morgan fingerprint density at radius 1 is 1.22 bits per heavy atom. The second-order valence-corrected chi connectivity index (χ2v) is 4.50. The summed E-state index contributed by atoms with van der Waals surface area (Å²) >= 11 is 5.60. The number of rotatable bonds is 3. The van der Waals surface area contributed by atoms with Crippen LogP contribution in [0.1, 0.15) is 25.5 Å². The van der Waals surface area contributed by atoms with Crippen LogP contribution in [0.4, 0.5) is 13.2 Å². The lowest BCUT2D eigenvalue weighted by molar-refractivity contribution is -0.225. The maximum Gasteiger partial charge on any atom is 0.429 e. The molecule has 0 radical (unpaired) electrons. The molecule has 0 saturated heterocycles. The van der Waals surface area contributed by atoms with Gasteiger partial charge >= 0.3 is 12.1 Å². The fourth-order valence-corrected chi connectivity index (χ4v) is 1.34. The van der Waals surface area contributed by atoms with Gasteiger partial charge in [-0.15, -0.1) is 0 Å². The first-order chi connectivity index (χ1) is 8.21. The first-order valence-corrected chi connectivity index (χ1v) is 5.62. The van der Waals surface area contributed by atoms with Gasteiger partial charge in [-0.1, -0.05) is 37.6 Å². The van der Waals surface area contributed by atoms with Gasteiger partial charge in [0, 0.05) is 10.6 Å². The Morgan fingerprint density at radius 3 is 2.11 bits per heavy atom. The van der Waals surface area contributed by atoms with Gasteiger partial charge in [-0.3, -0.25) is 4.79 Å². The Hall–Kier alpha value is -1.23. The van der Waals surface area contributed by atoms with E-state index in [0.717, 1.165) is 0 Å². The molecule has 1 aromatic rings. The van der Waals surface area contributed by atoms with E-state index in [1.165, 1.54) is 38.1 Å². The molecule has 0 aromatic heterocycles. The lowest BCUT2D eigenvalue weighted by atomic mass is 10.1. The van der Waals surface area contributed by atoms with Crippen molar-refractivity contribution < 1.29 is 22.7 Å². The SMILES string of the molecule is CC(C)C(=O)OC(c1ccc(Cl)cc1)C(F)(F)F. The molecule has 1 aromatic carbocycles. The maximum absolute atomic E-state index is 12.8. The predicted molar refractivity (Wildman–Crippen MR) is 61.2 cm³/mol. The van der Waals surface area contributed by atoms with Gasteiger partial charge < -0.3 is 4.74 Å². The minimum atomic E-state index is -4.65. The van der Waals surface area contributed by atoms with Gasteiger partial charge in [-0.05, 0) is 12.1 Å². The van der Waals surface area contributed by atoms with Crippen LogP contribution >= 0.6 is 11.6 Å². The van der Waals surface area contributed by atoms with E-state index in [1.54, 1.807) is 0 Å². The summed E-state index contributed by atoms with van der Waals surface area (Å²) in [6.07, 6.45) is -6.91. The largest absolute Gasteiger partial charge is 0.448 e. The van der Waals surface area contributed by atoms with Crippen molar-refractivity contribution >= 4 is 17.6 Å². The summed E-state index contributed by atoms with van der Waals surface area (Å²) < 4.78 is 43.0. The molecule has 6 heteroatoms. The maximum atomic E-state index is 12.8. The lowest BCUT2D eigenvalue weighted by Gasteiger charge is -2.22. The van der Waals surface area contributed by atoms with E-state index in [9.17, 15) is 18.0 Å². The minimum absolute atomic E-state index is 0.152. The molecule has 1 unspecified atom stereocenters. The molecule has 100 valence electrons. The Labute approximate surface area is 108 Å².